The molecule has 0 saturated heterocycles. The Bertz CT molecular complexity index is 590. The van der Waals surface area contributed by atoms with Gasteiger partial charge in [0.05, 0.1) is 16.4 Å². The third-order valence-corrected chi connectivity index (χ3v) is 3.60. The van der Waals surface area contributed by atoms with Gasteiger partial charge in [-0.05, 0) is 59.0 Å². The van der Waals surface area contributed by atoms with E-state index < -0.39 is 0 Å². The molecule has 0 aliphatic carbocycles. The van der Waals surface area contributed by atoms with Gasteiger partial charge in [-0.1, -0.05) is 13.8 Å². The molecule has 2 aromatic rings. The summed E-state index contributed by atoms with van der Waals surface area (Å²) in [6.45, 7) is 5.10. The van der Waals surface area contributed by atoms with Crippen molar-refractivity contribution in [2.75, 3.05) is 6.54 Å². The molecule has 1 N–H and O–H groups in total. The van der Waals surface area contributed by atoms with Crippen LogP contribution in [-0.2, 0) is 0 Å². The van der Waals surface area contributed by atoms with Crippen molar-refractivity contribution in [3.63, 3.8) is 0 Å². The highest BCUT2D eigenvalue weighted by Crippen LogP contribution is 2.13. The van der Waals surface area contributed by atoms with Gasteiger partial charge >= 0.3 is 0 Å². The van der Waals surface area contributed by atoms with Crippen molar-refractivity contribution in [1.82, 2.24) is 15.1 Å². The average Bonchev–Trinajstić information content (AvgIpc) is 2.90. The van der Waals surface area contributed by atoms with Crippen LogP contribution in [0.15, 0.2) is 41.1 Å². The summed E-state index contributed by atoms with van der Waals surface area (Å²) < 4.78 is 2.68. The highest BCUT2D eigenvalue weighted by Gasteiger charge is 2.06. The lowest BCUT2D eigenvalue weighted by molar-refractivity contribution is 0.0952. The molecule has 2 rings (SSSR count). The van der Waals surface area contributed by atoms with E-state index >= 15 is 0 Å². The third-order valence-electron chi connectivity index (χ3n) is 3.19. The highest BCUT2D eigenvalue weighted by molar-refractivity contribution is 9.10. The van der Waals surface area contributed by atoms with Crippen LogP contribution in [0.5, 0.6) is 0 Å². The Morgan fingerprint density at radius 3 is 2.62 bits per heavy atom. The maximum atomic E-state index is 12.0. The fourth-order valence-electron chi connectivity index (χ4n) is 2.02. The lowest BCUT2D eigenvalue weighted by atomic mass is 10.1. The lowest BCUT2D eigenvalue weighted by Crippen LogP contribution is -2.24. The van der Waals surface area contributed by atoms with Crippen LogP contribution in [0.3, 0.4) is 0 Å². The van der Waals surface area contributed by atoms with E-state index in [2.05, 4.69) is 40.2 Å². The minimum Gasteiger partial charge on any atom is -0.352 e. The molecule has 5 heteroatoms. The molecule has 0 aliphatic rings. The molecule has 0 spiro atoms. The third kappa shape index (κ3) is 4.70. The molecule has 21 heavy (non-hydrogen) atoms. The number of carbonyl (C=O) groups excluding carboxylic acids is 1. The predicted molar refractivity (Wildman–Crippen MR) is 87.7 cm³/mol. The standard InChI is InChI=1S/C16H20BrN3O/c1-12(2)4-3-9-18-16(21)13-5-7-15(8-6-13)20-11-14(17)10-19-20/h5-8,10-12H,3-4,9H2,1-2H3,(H,18,21). The zero-order valence-electron chi connectivity index (χ0n) is 12.3. The van der Waals surface area contributed by atoms with Crippen LogP contribution in [0.25, 0.3) is 5.69 Å². The van der Waals surface area contributed by atoms with Gasteiger partial charge in [0, 0.05) is 18.3 Å². The van der Waals surface area contributed by atoms with Gasteiger partial charge < -0.3 is 5.32 Å². The van der Waals surface area contributed by atoms with E-state index in [1.165, 1.54) is 0 Å². The number of nitrogens with zero attached hydrogens (tertiary/aromatic N) is 2. The average molecular weight is 350 g/mol. The number of amides is 1. The Morgan fingerprint density at radius 2 is 2.05 bits per heavy atom. The first kappa shape index (κ1) is 15.8. The number of hydrogen-bond acceptors (Lipinski definition) is 2. The summed E-state index contributed by atoms with van der Waals surface area (Å²) in [5.74, 6) is 0.654. The molecule has 0 fully saturated rings. The quantitative estimate of drug-likeness (QED) is 0.806. The molecule has 1 aromatic carbocycles. The SMILES string of the molecule is CC(C)CCCNC(=O)c1ccc(-n2cc(Br)cn2)cc1. The smallest absolute Gasteiger partial charge is 0.251 e. The highest BCUT2D eigenvalue weighted by atomic mass is 79.9. The van der Waals surface area contributed by atoms with Gasteiger partial charge in [0.25, 0.3) is 5.91 Å². The summed E-state index contributed by atoms with van der Waals surface area (Å²) in [6.07, 6.45) is 5.76. The van der Waals surface area contributed by atoms with Gasteiger partial charge in [-0.3, -0.25) is 4.79 Å². The summed E-state index contributed by atoms with van der Waals surface area (Å²) in [7, 11) is 0. The number of carbonyl (C=O) groups is 1. The van der Waals surface area contributed by atoms with Crippen molar-refractivity contribution in [3.8, 4) is 5.69 Å². The summed E-state index contributed by atoms with van der Waals surface area (Å²) in [5, 5.41) is 7.16. The van der Waals surface area contributed by atoms with Crippen LogP contribution in [0.2, 0.25) is 0 Å². The van der Waals surface area contributed by atoms with E-state index in [1.807, 2.05) is 30.5 Å². The molecule has 0 aliphatic heterocycles. The molecular formula is C16H20BrN3O. The van der Waals surface area contributed by atoms with Crippen molar-refractivity contribution in [2.45, 2.75) is 26.7 Å². The molecule has 4 nitrogen and oxygen atoms in total. The minimum atomic E-state index is -0.0213. The van der Waals surface area contributed by atoms with Crippen LogP contribution in [0.4, 0.5) is 0 Å². The van der Waals surface area contributed by atoms with E-state index in [0.717, 1.165) is 29.5 Å². The van der Waals surface area contributed by atoms with Gasteiger partial charge in [-0.15, -0.1) is 0 Å². The number of nitrogens with one attached hydrogen (secondary N) is 1. The second-order valence-corrected chi connectivity index (χ2v) is 6.36. The number of aromatic nitrogens is 2. The molecule has 0 radical (unpaired) electrons. The van der Waals surface area contributed by atoms with Gasteiger partial charge in [-0.2, -0.15) is 5.10 Å². The van der Waals surface area contributed by atoms with E-state index in [4.69, 9.17) is 0 Å². The number of rotatable bonds is 6. The van der Waals surface area contributed by atoms with Crippen molar-refractivity contribution >= 4 is 21.8 Å². The molecule has 1 aromatic heterocycles. The normalized spacial score (nSPS) is 10.9. The Balaban J connectivity index is 1.91. The van der Waals surface area contributed by atoms with Gasteiger partial charge in [-0.25, -0.2) is 4.68 Å². The molecule has 1 amide bonds. The second-order valence-electron chi connectivity index (χ2n) is 5.44. The molecule has 0 unspecified atom stereocenters. The van der Waals surface area contributed by atoms with Crippen molar-refractivity contribution < 1.29 is 4.79 Å². The van der Waals surface area contributed by atoms with Crippen LogP contribution < -0.4 is 5.32 Å². The largest absolute Gasteiger partial charge is 0.352 e. The maximum Gasteiger partial charge on any atom is 0.251 e. The molecule has 0 atom stereocenters. The van der Waals surface area contributed by atoms with Crippen molar-refractivity contribution in [2.24, 2.45) is 5.92 Å². The Hall–Kier alpha value is -1.62. The van der Waals surface area contributed by atoms with E-state index in [-0.39, 0.29) is 5.91 Å². The van der Waals surface area contributed by atoms with E-state index in [9.17, 15) is 4.79 Å². The summed E-state index contributed by atoms with van der Waals surface area (Å²) in [6, 6.07) is 7.43. The lowest BCUT2D eigenvalue weighted by Gasteiger charge is -2.07. The first-order chi connectivity index (χ1) is 10.1. The van der Waals surface area contributed by atoms with Crippen LogP contribution in [0, 0.1) is 5.92 Å². The molecule has 0 saturated carbocycles. The molecule has 112 valence electrons. The Kier molecular flexibility index (Phi) is 5.56. The zero-order chi connectivity index (χ0) is 15.2. The van der Waals surface area contributed by atoms with Gasteiger partial charge in [0.1, 0.15) is 0 Å². The van der Waals surface area contributed by atoms with Crippen molar-refractivity contribution in [1.29, 1.82) is 0 Å². The summed E-state index contributed by atoms with van der Waals surface area (Å²) in [4.78, 5) is 12.0. The van der Waals surface area contributed by atoms with Crippen LogP contribution >= 0.6 is 15.9 Å². The van der Waals surface area contributed by atoms with Crippen LogP contribution in [0.1, 0.15) is 37.0 Å². The monoisotopic (exact) mass is 349 g/mol. The van der Waals surface area contributed by atoms with Crippen molar-refractivity contribution in [3.05, 3.63) is 46.7 Å². The minimum absolute atomic E-state index is 0.0213. The Morgan fingerprint density at radius 1 is 1.33 bits per heavy atom. The Labute approximate surface area is 133 Å². The number of hydrogen-bond donors (Lipinski definition) is 1. The van der Waals surface area contributed by atoms with E-state index in [1.54, 1.807) is 10.9 Å². The van der Waals surface area contributed by atoms with Gasteiger partial charge in [0.2, 0.25) is 0 Å². The fraction of sp³-hybridized carbons (Fsp3) is 0.375. The number of halogens is 1. The fourth-order valence-corrected chi connectivity index (χ4v) is 2.31. The summed E-state index contributed by atoms with van der Waals surface area (Å²) >= 11 is 3.36. The first-order valence-electron chi connectivity index (χ1n) is 7.15. The van der Waals surface area contributed by atoms with E-state index in [0.29, 0.717) is 11.5 Å². The topological polar surface area (TPSA) is 46.9 Å². The zero-order valence-corrected chi connectivity index (χ0v) is 13.9. The first-order valence-corrected chi connectivity index (χ1v) is 7.94. The predicted octanol–water partition coefficient (Wildman–Crippen LogP) is 3.80. The van der Waals surface area contributed by atoms with Gasteiger partial charge in [0.15, 0.2) is 0 Å². The molecule has 1 heterocycles. The van der Waals surface area contributed by atoms with Crippen LogP contribution in [-0.4, -0.2) is 22.2 Å². The summed E-state index contributed by atoms with van der Waals surface area (Å²) in [5.41, 5.74) is 1.60. The molecule has 0 bridgehead atoms. The second kappa shape index (κ2) is 7.41. The number of benzene rings is 1. The maximum absolute atomic E-state index is 12.0. The molecular weight excluding hydrogens is 330 g/mol.